The third kappa shape index (κ3) is 5.51. The van der Waals surface area contributed by atoms with E-state index < -0.39 is 17.5 Å². The molecule has 1 rings (SSSR count). The van der Waals surface area contributed by atoms with Gasteiger partial charge in [-0.05, 0) is 32.9 Å². The number of para-hydroxylation sites is 1. The zero-order valence-electron chi connectivity index (χ0n) is 11.7. The fraction of sp³-hybridized carbons (Fsp3) is 0.357. The van der Waals surface area contributed by atoms with Crippen LogP contribution in [0.15, 0.2) is 24.3 Å². The molecule has 0 aliphatic rings. The lowest BCUT2D eigenvalue weighted by atomic mass is 10.1. The zero-order chi connectivity index (χ0) is 15.2. The Labute approximate surface area is 117 Å². The van der Waals surface area contributed by atoms with Gasteiger partial charge in [-0.1, -0.05) is 12.1 Å². The topological polar surface area (TPSA) is 84.5 Å². The standard InChI is InChI=1S/C14H18N2O4/c1-14(2,3)16-13(19)15-12(18)9-20-11-7-5-4-6-10(11)8-17/h4-8H,9H2,1-3H3,(H2,15,16,18,19). The summed E-state index contributed by atoms with van der Waals surface area (Å²) in [6.07, 6.45) is 0.638. The van der Waals surface area contributed by atoms with Crippen molar-refractivity contribution in [2.75, 3.05) is 6.61 Å². The van der Waals surface area contributed by atoms with E-state index in [1.165, 1.54) is 0 Å². The number of ether oxygens (including phenoxy) is 1. The Kier molecular flexibility index (Phi) is 5.25. The number of nitrogens with one attached hydrogen (secondary N) is 2. The van der Waals surface area contributed by atoms with Crippen LogP contribution in [0.1, 0.15) is 31.1 Å². The first-order valence-electron chi connectivity index (χ1n) is 6.11. The maximum Gasteiger partial charge on any atom is 0.321 e. The molecule has 0 saturated carbocycles. The van der Waals surface area contributed by atoms with Gasteiger partial charge in [-0.2, -0.15) is 0 Å². The summed E-state index contributed by atoms with van der Waals surface area (Å²) in [6.45, 7) is 5.05. The first-order valence-corrected chi connectivity index (χ1v) is 6.11. The smallest absolute Gasteiger partial charge is 0.321 e. The molecule has 0 saturated heterocycles. The number of aldehydes is 1. The van der Waals surface area contributed by atoms with E-state index in [2.05, 4.69) is 10.6 Å². The average molecular weight is 278 g/mol. The Morgan fingerprint density at radius 3 is 2.50 bits per heavy atom. The average Bonchev–Trinajstić information content (AvgIpc) is 2.34. The van der Waals surface area contributed by atoms with Crippen molar-refractivity contribution in [1.82, 2.24) is 10.6 Å². The molecule has 3 amide bonds. The molecule has 0 heterocycles. The maximum absolute atomic E-state index is 11.5. The van der Waals surface area contributed by atoms with Gasteiger partial charge in [0.1, 0.15) is 5.75 Å². The summed E-state index contributed by atoms with van der Waals surface area (Å²) in [5, 5.41) is 4.73. The lowest BCUT2D eigenvalue weighted by Gasteiger charge is -2.20. The van der Waals surface area contributed by atoms with E-state index in [1.54, 1.807) is 45.0 Å². The minimum absolute atomic E-state index is 0.300. The molecule has 20 heavy (non-hydrogen) atoms. The van der Waals surface area contributed by atoms with Crippen LogP contribution >= 0.6 is 0 Å². The summed E-state index contributed by atoms with van der Waals surface area (Å²) in [5.41, 5.74) is -0.0885. The summed E-state index contributed by atoms with van der Waals surface area (Å²) < 4.78 is 5.20. The number of imide groups is 1. The molecular formula is C14H18N2O4. The van der Waals surface area contributed by atoms with Crippen LogP contribution < -0.4 is 15.4 Å². The fourth-order valence-electron chi connectivity index (χ4n) is 1.39. The SMILES string of the molecule is CC(C)(C)NC(=O)NC(=O)COc1ccccc1C=O. The molecule has 108 valence electrons. The monoisotopic (exact) mass is 278 g/mol. The van der Waals surface area contributed by atoms with Gasteiger partial charge in [-0.15, -0.1) is 0 Å². The van der Waals surface area contributed by atoms with Crippen molar-refractivity contribution in [3.8, 4) is 5.75 Å². The van der Waals surface area contributed by atoms with Crippen LogP contribution in [0.5, 0.6) is 5.75 Å². The molecule has 1 aromatic rings. The van der Waals surface area contributed by atoms with Crippen LogP contribution in [-0.4, -0.2) is 30.4 Å². The Hall–Kier alpha value is -2.37. The van der Waals surface area contributed by atoms with Crippen LogP contribution in [-0.2, 0) is 4.79 Å². The normalized spacial score (nSPS) is 10.6. The van der Waals surface area contributed by atoms with Crippen LogP contribution in [0.4, 0.5) is 4.79 Å². The van der Waals surface area contributed by atoms with E-state index in [-0.39, 0.29) is 6.61 Å². The number of hydrogen-bond acceptors (Lipinski definition) is 4. The highest BCUT2D eigenvalue weighted by molar-refractivity contribution is 5.95. The van der Waals surface area contributed by atoms with Crippen LogP contribution in [0.25, 0.3) is 0 Å². The Balaban J connectivity index is 2.48. The zero-order valence-corrected chi connectivity index (χ0v) is 11.7. The van der Waals surface area contributed by atoms with Gasteiger partial charge < -0.3 is 10.1 Å². The molecule has 0 fully saturated rings. The molecule has 0 aliphatic heterocycles. The number of urea groups is 1. The van der Waals surface area contributed by atoms with E-state index in [0.29, 0.717) is 17.6 Å². The second-order valence-electron chi connectivity index (χ2n) is 5.20. The number of amides is 3. The van der Waals surface area contributed by atoms with E-state index in [4.69, 9.17) is 4.74 Å². The lowest BCUT2D eigenvalue weighted by Crippen LogP contribution is -2.49. The van der Waals surface area contributed by atoms with Crippen molar-refractivity contribution in [3.05, 3.63) is 29.8 Å². The molecule has 0 bridgehead atoms. The Bertz CT molecular complexity index is 506. The van der Waals surface area contributed by atoms with E-state index in [9.17, 15) is 14.4 Å². The Morgan fingerprint density at radius 1 is 1.25 bits per heavy atom. The minimum Gasteiger partial charge on any atom is -0.483 e. The van der Waals surface area contributed by atoms with Crippen molar-refractivity contribution in [2.45, 2.75) is 26.3 Å². The number of carbonyl (C=O) groups excluding carboxylic acids is 3. The van der Waals surface area contributed by atoms with E-state index >= 15 is 0 Å². The molecule has 0 spiro atoms. The van der Waals surface area contributed by atoms with Crippen molar-refractivity contribution in [2.24, 2.45) is 0 Å². The van der Waals surface area contributed by atoms with Gasteiger partial charge in [0.2, 0.25) is 0 Å². The minimum atomic E-state index is -0.590. The van der Waals surface area contributed by atoms with Gasteiger partial charge in [-0.25, -0.2) is 4.79 Å². The van der Waals surface area contributed by atoms with E-state index in [1.807, 2.05) is 0 Å². The summed E-state index contributed by atoms with van der Waals surface area (Å²) in [4.78, 5) is 33.7. The second-order valence-corrected chi connectivity index (χ2v) is 5.20. The summed E-state index contributed by atoms with van der Waals surface area (Å²) in [7, 11) is 0. The van der Waals surface area contributed by atoms with E-state index in [0.717, 1.165) is 0 Å². The first-order chi connectivity index (χ1) is 9.31. The highest BCUT2D eigenvalue weighted by Crippen LogP contribution is 2.15. The number of hydrogen-bond donors (Lipinski definition) is 2. The summed E-state index contributed by atoms with van der Waals surface area (Å²) in [6, 6.07) is 5.94. The number of benzene rings is 1. The first kappa shape index (κ1) is 15.7. The predicted octanol–water partition coefficient (Wildman–Crippen LogP) is 1.50. The van der Waals surface area contributed by atoms with Crippen molar-refractivity contribution < 1.29 is 19.1 Å². The molecule has 2 N–H and O–H groups in total. The van der Waals surface area contributed by atoms with Crippen LogP contribution in [0, 0.1) is 0 Å². The molecule has 0 radical (unpaired) electrons. The van der Waals surface area contributed by atoms with Crippen molar-refractivity contribution >= 4 is 18.2 Å². The highest BCUT2D eigenvalue weighted by Gasteiger charge is 2.16. The van der Waals surface area contributed by atoms with Gasteiger partial charge in [0.25, 0.3) is 5.91 Å². The number of carbonyl (C=O) groups is 3. The van der Waals surface area contributed by atoms with Gasteiger partial charge in [0, 0.05) is 5.54 Å². The van der Waals surface area contributed by atoms with Gasteiger partial charge in [-0.3, -0.25) is 14.9 Å². The van der Waals surface area contributed by atoms with Gasteiger partial charge in [0.15, 0.2) is 12.9 Å². The maximum atomic E-state index is 11.5. The molecule has 0 aromatic heterocycles. The summed E-state index contributed by atoms with van der Waals surface area (Å²) in [5.74, 6) is -0.290. The number of rotatable bonds is 4. The molecule has 1 aromatic carbocycles. The molecule has 6 nitrogen and oxygen atoms in total. The van der Waals surface area contributed by atoms with Crippen LogP contribution in [0.2, 0.25) is 0 Å². The highest BCUT2D eigenvalue weighted by atomic mass is 16.5. The summed E-state index contributed by atoms with van der Waals surface area (Å²) >= 11 is 0. The largest absolute Gasteiger partial charge is 0.483 e. The third-order valence-corrected chi connectivity index (χ3v) is 2.15. The fourth-order valence-corrected chi connectivity index (χ4v) is 1.39. The molecular weight excluding hydrogens is 260 g/mol. The van der Waals surface area contributed by atoms with Gasteiger partial charge >= 0.3 is 6.03 Å². The molecule has 0 aliphatic carbocycles. The van der Waals surface area contributed by atoms with Crippen LogP contribution in [0.3, 0.4) is 0 Å². The molecule has 0 atom stereocenters. The second kappa shape index (κ2) is 6.70. The van der Waals surface area contributed by atoms with Crippen molar-refractivity contribution in [1.29, 1.82) is 0 Å². The molecule has 6 heteroatoms. The Morgan fingerprint density at radius 2 is 1.90 bits per heavy atom. The van der Waals surface area contributed by atoms with Crippen molar-refractivity contribution in [3.63, 3.8) is 0 Å². The third-order valence-electron chi connectivity index (χ3n) is 2.15. The molecule has 0 unspecified atom stereocenters. The lowest BCUT2D eigenvalue weighted by molar-refractivity contribution is -0.122. The quantitative estimate of drug-likeness (QED) is 0.817. The van der Waals surface area contributed by atoms with Gasteiger partial charge in [0.05, 0.1) is 5.56 Å². The predicted molar refractivity (Wildman–Crippen MR) is 73.8 cm³/mol.